The molecule has 3 aromatic carbocycles. The van der Waals surface area contributed by atoms with Gasteiger partial charge in [0.15, 0.2) is 11.5 Å². The standard InChI is InChI=1S/C27H25N3O5/c1-17(7-8-18-5-3-2-4-6-18)28-25(31)20-10-11-21-22(14-20)29-27(33)30(26(21)32)15-19-9-12-23-24(13-19)35-16-34-23/h2-6,9-14,17H,7-8,15-16H2,1H3,(H,28,31)(H,29,33). The Labute approximate surface area is 201 Å². The van der Waals surface area contributed by atoms with Crippen molar-refractivity contribution in [1.29, 1.82) is 0 Å². The Morgan fingerprint density at radius 1 is 1.00 bits per heavy atom. The van der Waals surface area contributed by atoms with Gasteiger partial charge in [0.2, 0.25) is 6.79 Å². The number of hydrogen-bond acceptors (Lipinski definition) is 5. The van der Waals surface area contributed by atoms with E-state index in [0.717, 1.165) is 23.0 Å². The second-order valence-electron chi connectivity index (χ2n) is 8.67. The van der Waals surface area contributed by atoms with Crippen molar-refractivity contribution in [2.24, 2.45) is 0 Å². The number of carbonyl (C=O) groups excluding carboxylic acids is 1. The molecule has 0 spiro atoms. The van der Waals surface area contributed by atoms with Gasteiger partial charge in [-0.15, -0.1) is 0 Å². The number of aromatic amines is 1. The molecule has 0 saturated carbocycles. The van der Waals surface area contributed by atoms with Crippen LogP contribution in [0.15, 0.2) is 76.3 Å². The molecule has 0 bridgehead atoms. The Bertz CT molecular complexity index is 1510. The normalized spacial score (nSPS) is 13.1. The van der Waals surface area contributed by atoms with Crippen LogP contribution < -0.4 is 26.0 Å². The Morgan fingerprint density at radius 3 is 2.63 bits per heavy atom. The number of hydrogen-bond donors (Lipinski definition) is 2. The van der Waals surface area contributed by atoms with Crippen molar-refractivity contribution in [3.8, 4) is 11.5 Å². The predicted molar refractivity (Wildman–Crippen MR) is 132 cm³/mol. The average Bonchev–Trinajstić information content (AvgIpc) is 3.33. The lowest BCUT2D eigenvalue weighted by Crippen LogP contribution is -2.36. The third-order valence-corrected chi connectivity index (χ3v) is 6.11. The molecule has 0 radical (unpaired) electrons. The molecule has 8 heteroatoms. The van der Waals surface area contributed by atoms with E-state index in [1.807, 2.05) is 25.1 Å². The van der Waals surface area contributed by atoms with Gasteiger partial charge >= 0.3 is 5.69 Å². The number of aryl methyl sites for hydroxylation is 1. The van der Waals surface area contributed by atoms with Crippen LogP contribution >= 0.6 is 0 Å². The number of nitrogens with zero attached hydrogens (tertiary/aromatic N) is 1. The van der Waals surface area contributed by atoms with Gasteiger partial charge < -0.3 is 19.8 Å². The zero-order valence-corrected chi connectivity index (χ0v) is 19.2. The van der Waals surface area contributed by atoms with E-state index < -0.39 is 11.2 Å². The van der Waals surface area contributed by atoms with Crippen LogP contribution in [0.4, 0.5) is 0 Å². The maximum atomic E-state index is 13.1. The number of benzene rings is 3. The molecule has 5 rings (SSSR count). The summed E-state index contributed by atoms with van der Waals surface area (Å²) in [6, 6.07) is 20.1. The average molecular weight is 472 g/mol. The van der Waals surface area contributed by atoms with E-state index in [2.05, 4.69) is 22.4 Å². The highest BCUT2D eigenvalue weighted by Gasteiger charge is 2.16. The van der Waals surface area contributed by atoms with Crippen molar-refractivity contribution in [3.63, 3.8) is 0 Å². The van der Waals surface area contributed by atoms with Crippen molar-refractivity contribution in [2.75, 3.05) is 6.79 Å². The number of rotatable bonds is 7. The van der Waals surface area contributed by atoms with E-state index >= 15 is 0 Å². The number of nitrogens with one attached hydrogen (secondary N) is 2. The molecule has 0 saturated heterocycles. The van der Waals surface area contributed by atoms with E-state index in [9.17, 15) is 14.4 Å². The second-order valence-corrected chi connectivity index (χ2v) is 8.67. The van der Waals surface area contributed by atoms with Crippen molar-refractivity contribution in [3.05, 3.63) is 104 Å². The topological polar surface area (TPSA) is 102 Å². The molecule has 0 fully saturated rings. The van der Waals surface area contributed by atoms with Crippen LogP contribution in [0.25, 0.3) is 10.9 Å². The van der Waals surface area contributed by atoms with Crippen LogP contribution in [0.2, 0.25) is 0 Å². The van der Waals surface area contributed by atoms with Gasteiger partial charge in [-0.3, -0.25) is 14.2 Å². The van der Waals surface area contributed by atoms with E-state index in [0.29, 0.717) is 28.0 Å². The lowest BCUT2D eigenvalue weighted by molar-refractivity contribution is 0.0938. The Hall–Kier alpha value is -4.33. The molecule has 35 heavy (non-hydrogen) atoms. The van der Waals surface area contributed by atoms with Crippen LogP contribution in [-0.4, -0.2) is 28.3 Å². The van der Waals surface area contributed by atoms with Crippen LogP contribution in [0.3, 0.4) is 0 Å². The Kier molecular flexibility index (Phi) is 6.10. The molecular formula is C27H25N3O5. The zero-order valence-electron chi connectivity index (χ0n) is 19.2. The maximum absolute atomic E-state index is 13.1. The molecule has 1 atom stereocenters. The first kappa shape index (κ1) is 22.5. The molecule has 2 heterocycles. The number of carbonyl (C=O) groups is 1. The first-order valence-corrected chi connectivity index (χ1v) is 11.5. The van der Waals surface area contributed by atoms with Gasteiger partial charge in [0.25, 0.3) is 11.5 Å². The highest BCUT2D eigenvalue weighted by molar-refractivity contribution is 5.97. The Balaban J connectivity index is 1.32. The van der Waals surface area contributed by atoms with Crippen molar-refractivity contribution < 1.29 is 14.3 Å². The predicted octanol–water partition coefficient (Wildman–Crippen LogP) is 3.22. The van der Waals surface area contributed by atoms with Crippen molar-refractivity contribution >= 4 is 16.8 Å². The zero-order chi connectivity index (χ0) is 24.4. The molecule has 0 aliphatic carbocycles. The summed E-state index contributed by atoms with van der Waals surface area (Å²) < 4.78 is 11.8. The minimum Gasteiger partial charge on any atom is -0.454 e. The third kappa shape index (κ3) is 4.82. The molecule has 1 aliphatic heterocycles. The number of H-pyrrole nitrogens is 1. The van der Waals surface area contributed by atoms with Crippen LogP contribution in [0, 0.1) is 0 Å². The minimum absolute atomic E-state index is 0.0350. The SMILES string of the molecule is CC(CCc1ccccc1)NC(=O)c1ccc2c(=O)n(Cc3ccc4c(c3)OCO4)c(=O)[nH]c2c1. The smallest absolute Gasteiger partial charge is 0.329 e. The summed E-state index contributed by atoms with van der Waals surface area (Å²) in [5.41, 5.74) is 1.69. The van der Waals surface area contributed by atoms with E-state index in [1.54, 1.807) is 36.4 Å². The van der Waals surface area contributed by atoms with Gasteiger partial charge in [-0.2, -0.15) is 0 Å². The van der Waals surface area contributed by atoms with E-state index in [4.69, 9.17) is 9.47 Å². The fourth-order valence-corrected chi connectivity index (χ4v) is 4.17. The maximum Gasteiger partial charge on any atom is 0.329 e. The van der Waals surface area contributed by atoms with E-state index in [-0.39, 0.29) is 25.3 Å². The minimum atomic E-state index is -0.547. The highest BCUT2D eigenvalue weighted by Crippen LogP contribution is 2.32. The summed E-state index contributed by atoms with van der Waals surface area (Å²) in [5.74, 6) is 0.966. The van der Waals surface area contributed by atoms with Gasteiger partial charge in [-0.1, -0.05) is 36.4 Å². The summed E-state index contributed by atoms with van der Waals surface area (Å²) >= 11 is 0. The molecule has 4 aromatic rings. The highest BCUT2D eigenvalue weighted by atomic mass is 16.7. The number of ether oxygens (including phenoxy) is 2. The van der Waals surface area contributed by atoms with Gasteiger partial charge in [0.05, 0.1) is 17.4 Å². The lowest BCUT2D eigenvalue weighted by Gasteiger charge is -2.14. The fourth-order valence-electron chi connectivity index (χ4n) is 4.17. The third-order valence-electron chi connectivity index (χ3n) is 6.11. The van der Waals surface area contributed by atoms with Crippen LogP contribution in [0.5, 0.6) is 11.5 Å². The summed E-state index contributed by atoms with van der Waals surface area (Å²) in [4.78, 5) is 41.3. The monoisotopic (exact) mass is 471 g/mol. The molecule has 1 aromatic heterocycles. The first-order valence-electron chi connectivity index (χ1n) is 11.5. The molecule has 1 aliphatic rings. The van der Waals surface area contributed by atoms with Gasteiger partial charge in [0.1, 0.15) is 0 Å². The van der Waals surface area contributed by atoms with Crippen molar-refractivity contribution in [2.45, 2.75) is 32.4 Å². The van der Waals surface area contributed by atoms with Gasteiger partial charge in [-0.25, -0.2) is 4.79 Å². The quantitative estimate of drug-likeness (QED) is 0.431. The van der Waals surface area contributed by atoms with Crippen LogP contribution in [0.1, 0.15) is 34.8 Å². The summed E-state index contributed by atoms with van der Waals surface area (Å²) in [7, 11) is 0. The Morgan fingerprint density at radius 2 is 1.80 bits per heavy atom. The summed E-state index contributed by atoms with van der Waals surface area (Å²) in [5, 5.41) is 3.32. The molecule has 178 valence electrons. The van der Waals surface area contributed by atoms with Crippen molar-refractivity contribution in [1.82, 2.24) is 14.9 Å². The molecule has 2 N–H and O–H groups in total. The number of aromatic nitrogens is 2. The molecule has 1 unspecified atom stereocenters. The van der Waals surface area contributed by atoms with Crippen LogP contribution in [-0.2, 0) is 13.0 Å². The van der Waals surface area contributed by atoms with E-state index in [1.165, 1.54) is 5.56 Å². The lowest BCUT2D eigenvalue weighted by atomic mass is 10.1. The fraction of sp³-hybridized carbons (Fsp3) is 0.222. The molecule has 8 nitrogen and oxygen atoms in total. The summed E-state index contributed by atoms with van der Waals surface area (Å²) in [6.07, 6.45) is 1.65. The first-order chi connectivity index (χ1) is 17.0. The largest absolute Gasteiger partial charge is 0.454 e. The number of fused-ring (bicyclic) bond motifs is 2. The summed E-state index contributed by atoms with van der Waals surface area (Å²) in [6.45, 7) is 2.19. The number of amides is 1. The van der Waals surface area contributed by atoms with Gasteiger partial charge in [-0.05, 0) is 61.2 Å². The molecule has 1 amide bonds. The second kappa shape index (κ2) is 9.50. The van der Waals surface area contributed by atoms with Gasteiger partial charge in [0, 0.05) is 11.6 Å². The molecular weight excluding hydrogens is 446 g/mol.